The minimum absolute atomic E-state index is 0.187. The van der Waals surface area contributed by atoms with Crippen LogP contribution >= 0.6 is 0 Å². The first-order valence-corrected chi connectivity index (χ1v) is 7.59. The van der Waals surface area contributed by atoms with Crippen molar-refractivity contribution in [1.29, 1.82) is 0 Å². The van der Waals surface area contributed by atoms with Crippen molar-refractivity contribution in [3.63, 3.8) is 0 Å². The predicted molar refractivity (Wildman–Crippen MR) is 88.3 cm³/mol. The van der Waals surface area contributed by atoms with Crippen molar-refractivity contribution in [3.8, 4) is 0 Å². The van der Waals surface area contributed by atoms with Crippen LogP contribution in [0.4, 0.5) is 10.1 Å². The minimum Gasteiger partial charge on any atom is -0.381 e. The van der Waals surface area contributed by atoms with E-state index >= 15 is 0 Å². The van der Waals surface area contributed by atoms with E-state index in [1.165, 1.54) is 17.2 Å². The Labute approximate surface area is 127 Å². The summed E-state index contributed by atoms with van der Waals surface area (Å²) >= 11 is 0. The highest BCUT2D eigenvalue weighted by atomic mass is 19.1. The van der Waals surface area contributed by atoms with Gasteiger partial charge in [0, 0.05) is 12.2 Å². The maximum Gasteiger partial charge on any atom is 0.123 e. The second-order valence-electron chi connectivity index (χ2n) is 6.14. The molecule has 0 aliphatic rings. The lowest BCUT2D eigenvalue weighted by Crippen LogP contribution is -2.05. The molecule has 0 atom stereocenters. The van der Waals surface area contributed by atoms with Crippen molar-refractivity contribution in [3.05, 3.63) is 65.0 Å². The molecule has 1 N–H and O–H groups in total. The van der Waals surface area contributed by atoms with Crippen LogP contribution in [-0.4, -0.2) is 0 Å². The number of anilines is 1. The molecule has 0 unspecified atom stereocenters. The lowest BCUT2D eigenvalue weighted by atomic mass is 9.94. The summed E-state index contributed by atoms with van der Waals surface area (Å²) in [6, 6.07) is 13.3. The fourth-order valence-corrected chi connectivity index (χ4v) is 2.42. The van der Waals surface area contributed by atoms with Crippen LogP contribution in [0.5, 0.6) is 0 Å². The Bertz CT molecular complexity index is 602. The van der Waals surface area contributed by atoms with Crippen LogP contribution in [0.2, 0.25) is 0 Å². The number of rotatable bonds is 5. The quantitative estimate of drug-likeness (QED) is 0.744. The Morgan fingerprint density at radius 3 is 2.33 bits per heavy atom. The molecule has 2 heteroatoms. The molecule has 0 aliphatic carbocycles. The smallest absolute Gasteiger partial charge is 0.123 e. The van der Waals surface area contributed by atoms with E-state index in [2.05, 4.69) is 51.2 Å². The van der Waals surface area contributed by atoms with Crippen molar-refractivity contribution in [1.82, 2.24) is 0 Å². The lowest BCUT2D eigenvalue weighted by molar-refractivity contribution is 0.626. The van der Waals surface area contributed by atoms with Gasteiger partial charge in [0.15, 0.2) is 0 Å². The molecule has 21 heavy (non-hydrogen) atoms. The summed E-state index contributed by atoms with van der Waals surface area (Å²) < 4.78 is 13.2. The van der Waals surface area contributed by atoms with Gasteiger partial charge in [0.05, 0.1) is 0 Å². The number of benzene rings is 2. The topological polar surface area (TPSA) is 12.0 Å². The summed E-state index contributed by atoms with van der Waals surface area (Å²) in [4.78, 5) is 0. The Hall–Kier alpha value is -1.83. The summed E-state index contributed by atoms with van der Waals surface area (Å²) in [5.74, 6) is 0.798. The molecule has 2 rings (SSSR count). The first-order valence-electron chi connectivity index (χ1n) is 7.59. The van der Waals surface area contributed by atoms with E-state index in [0.29, 0.717) is 18.4 Å². The molecule has 2 aromatic rings. The maximum absolute atomic E-state index is 13.2. The van der Waals surface area contributed by atoms with Gasteiger partial charge < -0.3 is 5.32 Å². The summed E-state index contributed by atoms with van der Waals surface area (Å²) in [5, 5.41) is 3.44. The average molecular weight is 285 g/mol. The second-order valence-corrected chi connectivity index (χ2v) is 6.14. The average Bonchev–Trinajstić information content (AvgIpc) is 2.44. The van der Waals surface area contributed by atoms with Crippen LogP contribution in [0.3, 0.4) is 0 Å². The highest BCUT2D eigenvalue weighted by Gasteiger charge is 2.09. The van der Waals surface area contributed by atoms with Crippen LogP contribution in [0.25, 0.3) is 0 Å². The van der Waals surface area contributed by atoms with Gasteiger partial charge in [0.1, 0.15) is 5.82 Å². The molecule has 0 saturated heterocycles. The minimum atomic E-state index is -0.187. The van der Waals surface area contributed by atoms with Crippen LogP contribution < -0.4 is 5.32 Å². The third kappa shape index (κ3) is 4.07. The molecular weight excluding hydrogens is 261 g/mol. The van der Waals surface area contributed by atoms with Crippen LogP contribution in [0.15, 0.2) is 42.5 Å². The van der Waals surface area contributed by atoms with E-state index in [1.54, 1.807) is 12.1 Å². The van der Waals surface area contributed by atoms with E-state index in [-0.39, 0.29) is 5.82 Å². The summed E-state index contributed by atoms with van der Waals surface area (Å²) in [7, 11) is 0. The van der Waals surface area contributed by atoms with E-state index in [9.17, 15) is 4.39 Å². The zero-order valence-corrected chi connectivity index (χ0v) is 13.3. The van der Waals surface area contributed by atoms with Gasteiger partial charge in [0.2, 0.25) is 0 Å². The Kier molecular flexibility index (Phi) is 5.00. The number of hydrogen-bond acceptors (Lipinski definition) is 1. The molecule has 0 spiro atoms. The molecule has 1 nitrogen and oxygen atoms in total. The monoisotopic (exact) mass is 285 g/mol. The molecule has 0 saturated carbocycles. The van der Waals surface area contributed by atoms with E-state index < -0.39 is 0 Å². The van der Waals surface area contributed by atoms with Crippen molar-refractivity contribution in [2.24, 2.45) is 0 Å². The molecule has 2 aromatic carbocycles. The molecule has 0 amide bonds. The van der Waals surface area contributed by atoms with Gasteiger partial charge in [-0.25, -0.2) is 4.39 Å². The molecule has 112 valence electrons. The second kappa shape index (κ2) is 6.75. The summed E-state index contributed by atoms with van der Waals surface area (Å²) in [6.07, 6.45) is 0. The van der Waals surface area contributed by atoms with Crippen LogP contribution in [-0.2, 0) is 6.54 Å². The highest BCUT2D eigenvalue weighted by Crippen LogP contribution is 2.28. The lowest BCUT2D eigenvalue weighted by Gasteiger charge is -2.18. The maximum atomic E-state index is 13.2. The largest absolute Gasteiger partial charge is 0.381 e. The van der Waals surface area contributed by atoms with Crippen LogP contribution in [0, 0.1) is 5.82 Å². The molecule has 0 bridgehead atoms. The van der Waals surface area contributed by atoms with Crippen molar-refractivity contribution in [2.45, 2.75) is 46.1 Å². The van der Waals surface area contributed by atoms with E-state index in [1.807, 2.05) is 6.07 Å². The van der Waals surface area contributed by atoms with Crippen molar-refractivity contribution in [2.75, 3.05) is 5.32 Å². The van der Waals surface area contributed by atoms with E-state index in [0.717, 1.165) is 11.3 Å². The van der Waals surface area contributed by atoms with Gasteiger partial charge in [-0.15, -0.1) is 0 Å². The standard InChI is InChI=1S/C19H24FN/c1-13(2)16-8-9-19(18(11-16)14(3)4)21-12-15-6-5-7-17(20)10-15/h5-11,13-14,21H,12H2,1-4H3. The van der Waals surface area contributed by atoms with Gasteiger partial charge in [0.25, 0.3) is 0 Å². The van der Waals surface area contributed by atoms with E-state index in [4.69, 9.17) is 0 Å². The van der Waals surface area contributed by atoms with Gasteiger partial charge in [-0.1, -0.05) is 52.0 Å². The zero-order valence-electron chi connectivity index (χ0n) is 13.3. The van der Waals surface area contributed by atoms with Crippen molar-refractivity contribution < 1.29 is 4.39 Å². The SMILES string of the molecule is CC(C)c1ccc(NCc2cccc(F)c2)c(C(C)C)c1. The summed E-state index contributed by atoms with van der Waals surface area (Å²) in [6.45, 7) is 9.46. The highest BCUT2D eigenvalue weighted by molar-refractivity contribution is 5.55. The predicted octanol–water partition coefficient (Wildman–Crippen LogP) is 5.68. The third-order valence-electron chi connectivity index (χ3n) is 3.74. The molecule has 0 radical (unpaired) electrons. The van der Waals surface area contributed by atoms with Crippen molar-refractivity contribution >= 4 is 5.69 Å². The van der Waals surface area contributed by atoms with Gasteiger partial charge in [-0.2, -0.15) is 0 Å². The molecule has 0 aromatic heterocycles. The Balaban J connectivity index is 2.19. The molecule has 0 fully saturated rings. The van der Waals surface area contributed by atoms with Gasteiger partial charge >= 0.3 is 0 Å². The Morgan fingerprint density at radius 1 is 0.952 bits per heavy atom. The first-order chi connectivity index (χ1) is 9.97. The van der Waals surface area contributed by atoms with Crippen LogP contribution in [0.1, 0.15) is 56.2 Å². The van der Waals surface area contributed by atoms with Gasteiger partial charge in [-0.05, 0) is 46.7 Å². The summed E-state index contributed by atoms with van der Waals surface area (Å²) in [5.41, 5.74) is 4.77. The molecular formula is C19H24FN. The molecule has 0 aliphatic heterocycles. The van der Waals surface area contributed by atoms with Gasteiger partial charge in [-0.3, -0.25) is 0 Å². The number of halogens is 1. The Morgan fingerprint density at radius 2 is 1.71 bits per heavy atom. The number of hydrogen-bond donors (Lipinski definition) is 1. The number of nitrogens with one attached hydrogen (secondary N) is 1. The first kappa shape index (κ1) is 15.6. The zero-order chi connectivity index (χ0) is 15.4. The fraction of sp³-hybridized carbons (Fsp3) is 0.368. The normalized spacial score (nSPS) is 11.2. The third-order valence-corrected chi connectivity index (χ3v) is 3.74. The molecule has 0 heterocycles. The fourth-order valence-electron chi connectivity index (χ4n) is 2.42.